The molecule has 6 heteroatoms. The van der Waals surface area contributed by atoms with E-state index in [1.54, 1.807) is 4.90 Å². The number of hydrogen-bond acceptors (Lipinski definition) is 4. The Morgan fingerprint density at radius 2 is 1.93 bits per heavy atom. The average Bonchev–Trinajstić information content (AvgIpc) is 2.48. The van der Waals surface area contributed by atoms with E-state index >= 15 is 0 Å². The van der Waals surface area contributed by atoms with E-state index in [1.165, 1.54) is 11.9 Å². The Kier molecular flexibility index (Phi) is 2.88. The predicted molar refractivity (Wildman–Crippen MR) is 52.1 cm³/mol. The van der Waals surface area contributed by atoms with Gasteiger partial charge in [-0.1, -0.05) is 0 Å². The highest BCUT2D eigenvalue weighted by Gasteiger charge is 2.33. The van der Waals surface area contributed by atoms with Gasteiger partial charge < -0.3 is 9.64 Å². The van der Waals surface area contributed by atoms with Gasteiger partial charge in [0.05, 0.1) is 19.9 Å². The monoisotopic (exact) mass is 213 g/mol. The number of imide groups is 1. The van der Waals surface area contributed by atoms with E-state index in [0.717, 1.165) is 13.1 Å². The number of carbonyl (C=O) groups is 2. The van der Waals surface area contributed by atoms with Crippen LogP contribution in [0.2, 0.25) is 0 Å². The molecule has 2 aliphatic rings. The Morgan fingerprint density at radius 3 is 2.47 bits per heavy atom. The van der Waals surface area contributed by atoms with Crippen LogP contribution in [0.25, 0.3) is 0 Å². The molecule has 0 atom stereocenters. The highest BCUT2D eigenvalue weighted by Crippen LogP contribution is 2.09. The van der Waals surface area contributed by atoms with Crippen LogP contribution in [-0.4, -0.2) is 73.2 Å². The van der Waals surface area contributed by atoms with Crippen LogP contribution >= 0.6 is 0 Å². The minimum Gasteiger partial charge on any atom is -0.379 e. The summed E-state index contributed by atoms with van der Waals surface area (Å²) in [5, 5.41) is 0. The summed E-state index contributed by atoms with van der Waals surface area (Å²) < 4.78 is 5.21. The zero-order chi connectivity index (χ0) is 10.8. The van der Waals surface area contributed by atoms with Crippen molar-refractivity contribution in [1.82, 2.24) is 14.7 Å². The van der Waals surface area contributed by atoms with E-state index in [1.807, 2.05) is 0 Å². The Morgan fingerprint density at radius 1 is 1.27 bits per heavy atom. The number of amides is 3. The fourth-order valence-electron chi connectivity index (χ4n) is 1.75. The molecule has 15 heavy (non-hydrogen) atoms. The average molecular weight is 213 g/mol. The Bertz CT molecular complexity index is 276. The standard InChI is InChI=1S/C9H15N3O3/c1-10-8(13)6-12(9(10)14)7-11-2-4-15-5-3-11/h2-7H2,1H3. The smallest absolute Gasteiger partial charge is 0.327 e. The molecule has 0 unspecified atom stereocenters. The van der Waals surface area contributed by atoms with Crippen molar-refractivity contribution < 1.29 is 14.3 Å². The quantitative estimate of drug-likeness (QED) is 0.562. The molecule has 2 saturated heterocycles. The van der Waals surface area contributed by atoms with Gasteiger partial charge in [-0.25, -0.2) is 4.79 Å². The van der Waals surface area contributed by atoms with E-state index in [-0.39, 0.29) is 18.5 Å². The summed E-state index contributed by atoms with van der Waals surface area (Å²) in [6.45, 7) is 3.77. The Hall–Kier alpha value is -1.14. The van der Waals surface area contributed by atoms with Crippen molar-refractivity contribution >= 4 is 11.9 Å². The van der Waals surface area contributed by atoms with E-state index < -0.39 is 0 Å². The predicted octanol–water partition coefficient (Wildman–Crippen LogP) is -0.830. The molecule has 0 spiro atoms. The summed E-state index contributed by atoms with van der Waals surface area (Å²) in [5.41, 5.74) is 0. The summed E-state index contributed by atoms with van der Waals surface area (Å²) in [4.78, 5) is 27.7. The molecule has 0 aliphatic carbocycles. The largest absolute Gasteiger partial charge is 0.379 e. The first-order valence-electron chi connectivity index (χ1n) is 5.04. The number of urea groups is 1. The second-order valence-electron chi connectivity index (χ2n) is 3.81. The van der Waals surface area contributed by atoms with Crippen molar-refractivity contribution in [2.45, 2.75) is 0 Å². The summed E-state index contributed by atoms with van der Waals surface area (Å²) in [6.07, 6.45) is 0. The maximum atomic E-state index is 11.6. The molecule has 0 aromatic carbocycles. The second kappa shape index (κ2) is 4.16. The van der Waals surface area contributed by atoms with E-state index in [2.05, 4.69) is 4.90 Å². The van der Waals surface area contributed by atoms with Crippen LogP contribution in [0.4, 0.5) is 4.79 Å². The van der Waals surface area contributed by atoms with E-state index in [9.17, 15) is 9.59 Å². The molecule has 2 aliphatic heterocycles. The Balaban J connectivity index is 1.89. The van der Waals surface area contributed by atoms with Crippen molar-refractivity contribution in [3.63, 3.8) is 0 Å². The lowest BCUT2D eigenvalue weighted by atomic mass is 10.4. The third kappa shape index (κ3) is 2.10. The second-order valence-corrected chi connectivity index (χ2v) is 3.81. The number of carbonyl (C=O) groups excluding carboxylic acids is 2. The van der Waals surface area contributed by atoms with Gasteiger partial charge in [0.25, 0.3) is 0 Å². The molecule has 0 aromatic heterocycles. The van der Waals surface area contributed by atoms with Gasteiger partial charge in [-0.2, -0.15) is 0 Å². The topological polar surface area (TPSA) is 53.1 Å². The van der Waals surface area contributed by atoms with Crippen molar-refractivity contribution in [1.29, 1.82) is 0 Å². The maximum Gasteiger partial charge on any atom is 0.327 e. The number of rotatable bonds is 2. The lowest BCUT2D eigenvalue weighted by Gasteiger charge is -2.29. The molecular weight excluding hydrogens is 198 g/mol. The van der Waals surface area contributed by atoms with Gasteiger partial charge in [0.1, 0.15) is 6.54 Å². The summed E-state index contributed by atoms with van der Waals surface area (Å²) in [5.74, 6) is -0.131. The minimum absolute atomic E-state index is 0.131. The normalized spacial score (nSPS) is 24.1. The fourth-order valence-corrected chi connectivity index (χ4v) is 1.75. The van der Waals surface area contributed by atoms with E-state index in [4.69, 9.17) is 4.74 Å². The number of likely N-dealkylation sites (N-methyl/N-ethyl adjacent to an activating group) is 1. The van der Waals surface area contributed by atoms with Crippen LogP contribution in [0.3, 0.4) is 0 Å². The molecule has 2 fully saturated rings. The third-order valence-corrected chi connectivity index (χ3v) is 2.73. The summed E-state index contributed by atoms with van der Waals surface area (Å²) >= 11 is 0. The Labute approximate surface area is 88.4 Å². The SMILES string of the molecule is CN1C(=O)CN(CN2CCOCC2)C1=O. The molecule has 0 aromatic rings. The van der Waals surface area contributed by atoms with E-state index in [0.29, 0.717) is 19.9 Å². The highest BCUT2D eigenvalue weighted by atomic mass is 16.5. The van der Waals surface area contributed by atoms with Gasteiger partial charge in [-0.15, -0.1) is 0 Å². The number of morpholine rings is 1. The fraction of sp³-hybridized carbons (Fsp3) is 0.778. The summed E-state index contributed by atoms with van der Waals surface area (Å²) in [6, 6.07) is -0.202. The molecule has 0 radical (unpaired) electrons. The molecule has 6 nitrogen and oxygen atoms in total. The van der Waals surface area contributed by atoms with Crippen LogP contribution in [-0.2, 0) is 9.53 Å². The third-order valence-electron chi connectivity index (χ3n) is 2.73. The van der Waals surface area contributed by atoms with Crippen molar-refractivity contribution in [2.75, 3.05) is 46.6 Å². The maximum absolute atomic E-state index is 11.6. The van der Waals surface area contributed by atoms with Crippen molar-refractivity contribution in [3.05, 3.63) is 0 Å². The zero-order valence-corrected chi connectivity index (χ0v) is 8.81. The van der Waals surface area contributed by atoms with Gasteiger partial charge in [0.2, 0.25) is 5.91 Å². The van der Waals surface area contributed by atoms with Crippen LogP contribution in [0.1, 0.15) is 0 Å². The number of hydrogen-bond donors (Lipinski definition) is 0. The number of nitrogens with zero attached hydrogens (tertiary/aromatic N) is 3. The molecule has 2 rings (SSSR count). The van der Waals surface area contributed by atoms with Crippen LogP contribution in [0.15, 0.2) is 0 Å². The van der Waals surface area contributed by atoms with Crippen molar-refractivity contribution in [2.24, 2.45) is 0 Å². The first-order chi connectivity index (χ1) is 7.18. The van der Waals surface area contributed by atoms with Gasteiger partial charge in [-0.3, -0.25) is 14.6 Å². The molecule has 84 valence electrons. The zero-order valence-electron chi connectivity index (χ0n) is 8.81. The summed E-state index contributed by atoms with van der Waals surface area (Å²) in [7, 11) is 1.52. The van der Waals surface area contributed by atoms with Crippen LogP contribution in [0, 0.1) is 0 Å². The molecule has 2 heterocycles. The van der Waals surface area contributed by atoms with Crippen LogP contribution in [0.5, 0.6) is 0 Å². The highest BCUT2D eigenvalue weighted by molar-refractivity contribution is 6.01. The van der Waals surface area contributed by atoms with Crippen molar-refractivity contribution in [3.8, 4) is 0 Å². The van der Waals surface area contributed by atoms with Gasteiger partial charge >= 0.3 is 6.03 Å². The lowest BCUT2D eigenvalue weighted by Crippen LogP contribution is -2.45. The lowest BCUT2D eigenvalue weighted by molar-refractivity contribution is -0.124. The molecule has 3 amide bonds. The van der Waals surface area contributed by atoms with Gasteiger partial charge in [-0.05, 0) is 0 Å². The number of ether oxygens (including phenoxy) is 1. The molecular formula is C9H15N3O3. The van der Waals surface area contributed by atoms with Gasteiger partial charge in [0, 0.05) is 20.1 Å². The molecule has 0 bridgehead atoms. The first kappa shape index (κ1) is 10.4. The van der Waals surface area contributed by atoms with Crippen LogP contribution < -0.4 is 0 Å². The first-order valence-corrected chi connectivity index (χ1v) is 5.04. The van der Waals surface area contributed by atoms with Gasteiger partial charge in [0.15, 0.2) is 0 Å². The minimum atomic E-state index is -0.202. The molecule has 0 N–H and O–H groups in total. The molecule has 0 saturated carbocycles.